The maximum atomic E-state index is 13.5. The summed E-state index contributed by atoms with van der Waals surface area (Å²) < 4.78 is 5.68. The Kier molecular flexibility index (Phi) is 5.36. The fraction of sp³-hybridized carbons (Fsp3) is 0.889. The van der Waals surface area contributed by atoms with Crippen molar-refractivity contribution in [3.63, 3.8) is 0 Å². The molecule has 4 saturated carbocycles. The number of carbonyl (C=O) groups excluding carboxylic acids is 1. The van der Waals surface area contributed by atoms with E-state index in [0.29, 0.717) is 19.1 Å². The van der Waals surface area contributed by atoms with Gasteiger partial charge in [-0.25, -0.2) is 0 Å². The molecule has 172 valence electrons. The van der Waals surface area contributed by atoms with Gasteiger partial charge < -0.3 is 15.0 Å². The molecule has 1 N–H and O–H groups in total. The number of ether oxygens (including phenoxy) is 1. The summed E-state index contributed by atoms with van der Waals surface area (Å²) >= 11 is 0. The molecule has 2 heterocycles. The Morgan fingerprint density at radius 2 is 1.74 bits per heavy atom. The first kappa shape index (κ1) is 20.6. The number of nitrogens with one attached hydrogen (secondary N) is 1. The molecule has 6 rings (SSSR count). The second-order valence-electron chi connectivity index (χ2n) is 11.7. The summed E-state index contributed by atoms with van der Waals surface area (Å²) in [6, 6.07) is 0. The Bertz CT molecular complexity index is 735. The van der Waals surface area contributed by atoms with Gasteiger partial charge >= 0.3 is 0 Å². The maximum absolute atomic E-state index is 13.5. The van der Waals surface area contributed by atoms with Crippen molar-refractivity contribution in [3.8, 4) is 0 Å². The van der Waals surface area contributed by atoms with Crippen LogP contribution < -0.4 is 5.32 Å². The number of fused-ring (bicyclic) bond motifs is 5. The molecule has 0 aromatic rings. The molecule has 2 aliphatic heterocycles. The minimum Gasteiger partial charge on any atom is -0.371 e. The van der Waals surface area contributed by atoms with Gasteiger partial charge in [-0.2, -0.15) is 0 Å². The van der Waals surface area contributed by atoms with Crippen LogP contribution in [0.15, 0.2) is 11.8 Å². The van der Waals surface area contributed by atoms with Crippen LogP contribution in [0.25, 0.3) is 0 Å². The molecule has 5 fully saturated rings. The number of carbonyl (C=O) groups is 1. The highest BCUT2D eigenvalue weighted by Gasteiger charge is 2.57. The monoisotopic (exact) mass is 426 g/mol. The number of nitrogens with zero attached hydrogens (tertiary/aromatic N) is 1. The van der Waals surface area contributed by atoms with Gasteiger partial charge in [0, 0.05) is 19.3 Å². The minimum atomic E-state index is -0.334. The van der Waals surface area contributed by atoms with Gasteiger partial charge in [0.15, 0.2) is 0 Å². The van der Waals surface area contributed by atoms with Crippen molar-refractivity contribution < 1.29 is 9.53 Å². The molecule has 0 spiro atoms. The van der Waals surface area contributed by atoms with Crippen LogP contribution in [0.2, 0.25) is 0 Å². The molecule has 4 aliphatic carbocycles. The van der Waals surface area contributed by atoms with Crippen LogP contribution in [0.5, 0.6) is 0 Å². The summed E-state index contributed by atoms with van der Waals surface area (Å²) in [5, 5.41) is 3.09. The van der Waals surface area contributed by atoms with Crippen molar-refractivity contribution in [2.24, 2.45) is 41.4 Å². The van der Waals surface area contributed by atoms with Gasteiger partial charge in [-0.05, 0) is 112 Å². The van der Waals surface area contributed by atoms with Gasteiger partial charge in [-0.1, -0.05) is 12.8 Å². The largest absolute Gasteiger partial charge is 0.371 e. The fourth-order valence-corrected chi connectivity index (χ4v) is 9.78. The molecule has 6 aliphatic rings. The van der Waals surface area contributed by atoms with Crippen LogP contribution in [-0.2, 0) is 9.53 Å². The molecular weight excluding hydrogens is 384 g/mol. The van der Waals surface area contributed by atoms with Crippen LogP contribution >= 0.6 is 0 Å². The summed E-state index contributed by atoms with van der Waals surface area (Å²) in [6.07, 6.45) is 18.7. The number of likely N-dealkylation sites (tertiary alicyclic amines) is 1. The molecule has 0 bridgehead atoms. The lowest BCUT2D eigenvalue weighted by Gasteiger charge is -2.55. The highest BCUT2D eigenvalue weighted by atomic mass is 16.5. The van der Waals surface area contributed by atoms with Gasteiger partial charge in [-0.3, -0.25) is 4.79 Å². The lowest BCUT2D eigenvalue weighted by molar-refractivity contribution is -0.137. The number of hydrogen-bond donors (Lipinski definition) is 1. The zero-order valence-electron chi connectivity index (χ0n) is 19.5. The number of amides is 1. The molecular formula is C27H42N2O2. The molecule has 4 heteroatoms. The smallest absolute Gasteiger partial charge is 0.245 e. The molecule has 4 nitrogen and oxygen atoms in total. The third-order valence-electron chi connectivity index (χ3n) is 10.9. The average molecular weight is 427 g/mol. The fourth-order valence-electron chi connectivity index (χ4n) is 9.78. The van der Waals surface area contributed by atoms with Crippen molar-refractivity contribution in [3.05, 3.63) is 11.8 Å². The lowest BCUT2D eigenvalue weighted by Crippen LogP contribution is -2.60. The normalized spacial score (nSPS) is 46.8. The molecule has 1 amide bonds. The van der Waals surface area contributed by atoms with E-state index in [0.717, 1.165) is 54.9 Å². The topological polar surface area (TPSA) is 41.6 Å². The van der Waals surface area contributed by atoms with E-state index >= 15 is 0 Å². The molecule has 8 unspecified atom stereocenters. The van der Waals surface area contributed by atoms with E-state index < -0.39 is 0 Å². The molecule has 0 aromatic heterocycles. The quantitative estimate of drug-likeness (QED) is 0.708. The third kappa shape index (κ3) is 3.14. The van der Waals surface area contributed by atoms with Gasteiger partial charge in [0.2, 0.25) is 5.91 Å². The first-order chi connectivity index (χ1) is 15.2. The predicted molar refractivity (Wildman–Crippen MR) is 122 cm³/mol. The van der Waals surface area contributed by atoms with Gasteiger partial charge in [0.1, 0.15) is 5.54 Å². The number of rotatable bonds is 3. The SMILES string of the molecule is CNC(=O)C1(C2CCC3C(CCC4C5CCCC5CCC34)C2)CCCN1C1=CCOC1. The zero-order valence-corrected chi connectivity index (χ0v) is 19.5. The molecule has 1 saturated heterocycles. The van der Waals surface area contributed by atoms with Crippen molar-refractivity contribution >= 4 is 5.91 Å². The first-order valence-corrected chi connectivity index (χ1v) is 13.5. The van der Waals surface area contributed by atoms with E-state index in [1.54, 1.807) is 0 Å². The van der Waals surface area contributed by atoms with Crippen LogP contribution in [0.3, 0.4) is 0 Å². The predicted octanol–water partition coefficient (Wildman–Crippen LogP) is 4.75. The van der Waals surface area contributed by atoms with E-state index in [2.05, 4.69) is 16.3 Å². The van der Waals surface area contributed by atoms with Gasteiger partial charge in [-0.15, -0.1) is 0 Å². The summed E-state index contributed by atoms with van der Waals surface area (Å²) in [5.41, 5.74) is 0.936. The van der Waals surface area contributed by atoms with Crippen LogP contribution in [0, 0.1) is 41.4 Å². The van der Waals surface area contributed by atoms with E-state index in [4.69, 9.17) is 4.74 Å². The summed E-state index contributed by atoms with van der Waals surface area (Å²) in [5.74, 6) is 6.74. The van der Waals surface area contributed by atoms with E-state index in [-0.39, 0.29) is 11.4 Å². The van der Waals surface area contributed by atoms with Crippen molar-refractivity contribution in [2.75, 3.05) is 26.8 Å². The molecule has 8 atom stereocenters. The minimum absolute atomic E-state index is 0.265. The third-order valence-corrected chi connectivity index (χ3v) is 10.9. The van der Waals surface area contributed by atoms with Gasteiger partial charge in [0.25, 0.3) is 0 Å². The second-order valence-corrected chi connectivity index (χ2v) is 11.7. The van der Waals surface area contributed by atoms with Crippen molar-refractivity contribution in [1.29, 1.82) is 0 Å². The molecule has 31 heavy (non-hydrogen) atoms. The zero-order chi connectivity index (χ0) is 21.0. The highest BCUT2D eigenvalue weighted by molar-refractivity contribution is 5.87. The number of hydrogen-bond acceptors (Lipinski definition) is 3. The molecule has 0 aromatic carbocycles. The second kappa shape index (κ2) is 8.08. The lowest BCUT2D eigenvalue weighted by atomic mass is 9.51. The van der Waals surface area contributed by atoms with E-state index in [1.165, 1.54) is 69.9 Å². The summed E-state index contributed by atoms with van der Waals surface area (Å²) in [6.45, 7) is 2.40. The van der Waals surface area contributed by atoms with Crippen molar-refractivity contribution in [1.82, 2.24) is 10.2 Å². The first-order valence-electron chi connectivity index (χ1n) is 13.5. The summed E-state index contributed by atoms with van der Waals surface area (Å²) in [4.78, 5) is 16.0. The average Bonchev–Trinajstić information content (AvgIpc) is 3.57. The maximum Gasteiger partial charge on any atom is 0.245 e. The van der Waals surface area contributed by atoms with Crippen LogP contribution in [-0.4, -0.2) is 43.2 Å². The Morgan fingerprint density at radius 3 is 2.52 bits per heavy atom. The van der Waals surface area contributed by atoms with Crippen molar-refractivity contribution in [2.45, 2.75) is 82.6 Å². The van der Waals surface area contributed by atoms with Crippen LogP contribution in [0.4, 0.5) is 0 Å². The standard InChI is InChI=1S/C27H42N2O2/c1-28-26(30)27(13-3-14-29(27)21-12-15-31-17-21)20-8-11-23-19(16-20)7-10-24-22-5-2-4-18(22)6-9-25(23)24/h12,18-20,22-25H,2-11,13-17H2,1H3,(H,28,30). The Morgan fingerprint density at radius 1 is 0.968 bits per heavy atom. The number of likely N-dealkylation sites (N-methyl/N-ethyl adjacent to an activating group) is 1. The Labute approximate surface area is 188 Å². The highest BCUT2D eigenvalue weighted by Crippen LogP contribution is 2.60. The molecule has 0 radical (unpaired) electrons. The van der Waals surface area contributed by atoms with Crippen LogP contribution in [0.1, 0.15) is 77.0 Å². The Hall–Kier alpha value is -1.03. The Balaban J connectivity index is 1.23. The van der Waals surface area contributed by atoms with E-state index in [9.17, 15) is 4.79 Å². The summed E-state index contributed by atoms with van der Waals surface area (Å²) in [7, 11) is 1.84. The van der Waals surface area contributed by atoms with E-state index in [1.807, 2.05) is 7.05 Å². The van der Waals surface area contributed by atoms with Gasteiger partial charge in [0.05, 0.1) is 13.2 Å².